The number of rotatable bonds is 4. The van der Waals surface area contributed by atoms with E-state index in [1.807, 2.05) is 36.4 Å². The zero-order valence-corrected chi connectivity index (χ0v) is 11.1. The van der Waals surface area contributed by atoms with Crippen molar-refractivity contribution >= 4 is 11.8 Å². The number of hydrogen-bond donors (Lipinski definition) is 1. The van der Waals surface area contributed by atoms with E-state index >= 15 is 0 Å². The van der Waals surface area contributed by atoms with Crippen LogP contribution in [0.15, 0.2) is 52.5 Å². The van der Waals surface area contributed by atoms with E-state index in [2.05, 4.69) is 4.98 Å². The van der Waals surface area contributed by atoms with Gasteiger partial charge in [-0.15, -0.1) is 0 Å². The quantitative estimate of drug-likeness (QED) is 0.917. The molecule has 1 aromatic carbocycles. The molecule has 0 aliphatic heterocycles. The van der Waals surface area contributed by atoms with E-state index in [0.717, 1.165) is 21.2 Å². The molecule has 1 heterocycles. The third-order valence-electron chi connectivity index (χ3n) is 2.52. The van der Waals surface area contributed by atoms with E-state index < -0.39 is 6.10 Å². The lowest BCUT2D eigenvalue weighted by Crippen LogP contribution is -1.92. The summed E-state index contributed by atoms with van der Waals surface area (Å²) in [7, 11) is 1.65. The van der Waals surface area contributed by atoms with Gasteiger partial charge in [0.2, 0.25) is 0 Å². The molecule has 3 nitrogen and oxygen atoms in total. The Labute approximate surface area is 111 Å². The molecule has 0 bridgehead atoms. The minimum atomic E-state index is -0.469. The average Bonchev–Trinajstić information content (AvgIpc) is 2.40. The van der Waals surface area contributed by atoms with Crippen LogP contribution in [0.3, 0.4) is 0 Å². The Morgan fingerprint density at radius 2 is 1.94 bits per heavy atom. The first kappa shape index (κ1) is 12.9. The van der Waals surface area contributed by atoms with Gasteiger partial charge >= 0.3 is 0 Å². The molecular weight excluding hydrogens is 246 g/mol. The van der Waals surface area contributed by atoms with Crippen molar-refractivity contribution in [2.24, 2.45) is 0 Å². The molecule has 0 aliphatic carbocycles. The van der Waals surface area contributed by atoms with Crippen LogP contribution in [-0.2, 0) is 0 Å². The summed E-state index contributed by atoms with van der Waals surface area (Å²) in [6.07, 6.45) is 1.25. The number of aromatic nitrogens is 1. The lowest BCUT2D eigenvalue weighted by molar-refractivity contribution is 0.199. The van der Waals surface area contributed by atoms with Crippen LogP contribution in [0.4, 0.5) is 0 Å². The van der Waals surface area contributed by atoms with E-state index in [-0.39, 0.29) is 0 Å². The highest BCUT2D eigenvalue weighted by Gasteiger charge is 2.04. The van der Waals surface area contributed by atoms with Crippen molar-refractivity contribution in [3.05, 3.63) is 48.2 Å². The lowest BCUT2D eigenvalue weighted by atomic mass is 10.2. The molecule has 0 amide bonds. The summed E-state index contributed by atoms with van der Waals surface area (Å²) in [6.45, 7) is 1.75. The standard InChI is InChI=1S/C14H15NO2S/c1-10(16)11-7-8-15-14(9-11)18-13-5-3-12(17-2)4-6-13/h3-10,16H,1-2H3/t10-/m0/s1. The van der Waals surface area contributed by atoms with Gasteiger partial charge in [0.05, 0.1) is 13.2 Å². The molecule has 0 radical (unpaired) electrons. The number of ether oxygens (including phenoxy) is 1. The lowest BCUT2D eigenvalue weighted by Gasteiger charge is -2.07. The average molecular weight is 261 g/mol. The van der Waals surface area contributed by atoms with Crippen molar-refractivity contribution in [2.45, 2.75) is 22.9 Å². The van der Waals surface area contributed by atoms with Crippen LogP contribution in [0, 0.1) is 0 Å². The number of hydrogen-bond acceptors (Lipinski definition) is 4. The van der Waals surface area contributed by atoms with Crippen molar-refractivity contribution in [2.75, 3.05) is 7.11 Å². The van der Waals surface area contributed by atoms with E-state index in [0.29, 0.717) is 0 Å². The molecule has 0 spiro atoms. The van der Waals surface area contributed by atoms with Gasteiger partial charge in [0, 0.05) is 11.1 Å². The smallest absolute Gasteiger partial charge is 0.118 e. The fourth-order valence-electron chi connectivity index (χ4n) is 1.50. The highest BCUT2D eigenvalue weighted by molar-refractivity contribution is 7.99. The van der Waals surface area contributed by atoms with Crippen LogP contribution in [0.5, 0.6) is 5.75 Å². The molecule has 18 heavy (non-hydrogen) atoms. The number of methoxy groups -OCH3 is 1. The summed E-state index contributed by atoms with van der Waals surface area (Å²) >= 11 is 1.56. The third-order valence-corrected chi connectivity index (χ3v) is 3.46. The molecule has 2 rings (SSSR count). The molecule has 0 aliphatic rings. The molecule has 94 valence electrons. The molecular formula is C14H15NO2S. The van der Waals surface area contributed by atoms with Crippen LogP contribution in [0.1, 0.15) is 18.6 Å². The maximum absolute atomic E-state index is 9.53. The molecule has 0 saturated carbocycles. The highest BCUT2D eigenvalue weighted by Crippen LogP contribution is 2.28. The zero-order valence-electron chi connectivity index (χ0n) is 10.3. The van der Waals surface area contributed by atoms with E-state index in [1.54, 1.807) is 32.0 Å². The molecule has 0 fully saturated rings. The van der Waals surface area contributed by atoms with Crippen molar-refractivity contribution < 1.29 is 9.84 Å². The molecule has 0 unspecified atom stereocenters. The fraction of sp³-hybridized carbons (Fsp3) is 0.214. The van der Waals surface area contributed by atoms with Crippen molar-refractivity contribution in [3.63, 3.8) is 0 Å². The number of nitrogens with zero attached hydrogens (tertiary/aromatic N) is 1. The minimum absolute atomic E-state index is 0.469. The van der Waals surface area contributed by atoms with Crippen LogP contribution in [0.2, 0.25) is 0 Å². The van der Waals surface area contributed by atoms with E-state index in [9.17, 15) is 5.11 Å². The predicted molar refractivity (Wildman–Crippen MR) is 72.0 cm³/mol. The first-order valence-corrected chi connectivity index (χ1v) is 6.46. The van der Waals surface area contributed by atoms with Gasteiger partial charge in [0.1, 0.15) is 10.8 Å². The van der Waals surface area contributed by atoms with Gasteiger partial charge in [0.25, 0.3) is 0 Å². The van der Waals surface area contributed by atoms with Gasteiger partial charge in [0.15, 0.2) is 0 Å². The Kier molecular flexibility index (Phi) is 4.23. The molecule has 4 heteroatoms. The second-order valence-electron chi connectivity index (χ2n) is 3.88. The Morgan fingerprint density at radius 3 is 2.56 bits per heavy atom. The number of pyridine rings is 1. The van der Waals surface area contributed by atoms with Crippen LogP contribution in [-0.4, -0.2) is 17.2 Å². The summed E-state index contributed by atoms with van der Waals surface area (Å²) < 4.78 is 5.11. The third kappa shape index (κ3) is 3.24. The molecule has 1 aromatic heterocycles. The van der Waals surface area contributed by atoms with Crippen LogP contribution >= 0.6 is 11.8 Å². The Bertz CT molecular complexity index is 511. The first-order valence-electron chi connectivity index (χ1n) is 5.65. The van der Waals surface area contributed by atoms with E-state index in [4.69, 9.17) is 4.74 Å². The number of aliphatic hydroxyl groups excluding tert-OH is 1. The molecule has 1 atom stereocenters. The maximum atomic E-state index is 9.53. The predicted octanol–water partition coefficient (Wildman–Crippen LogP) is 3.29. The summed E-state index contributed by atoms with van der Waals surface area (Å²) in [5.74, 6) is 0.838. The highest BCUT2D eigenvalue weighted by atomic mass is 32.2. The second kappa shape index (κ2) is 5.89. The van der Waals surface area contributed by atoms with Crippen molar-refractivity contribution in [1.29, 1.82) is 0 Å². The normalized spacial score (nSPS) is 12.2. The Balaban J connectivity index is 2.15. The maximum Gasteiger partial charge on any atom is 0.118 e. The van der Waals surface area contributed by atoms with Crippen LogP contribution in [0.25, 0.3) is 0 Å². The van der Waals surface area contributed by atoms with Gasteiger partial charge in [-0.25, -0.2) is 4.98 Å². The summed E-state index contributed by atoms with van der Waals surface area (Å²) in [5, 5.41) is 10.4. The van der Waals surface area contributed by atoms with Crippen molar-refractivity contribution in [3.8, 4) is 5.75 Å². The van der Waals surface area contributed by atoms with Crippen molar-refractivity contribution in [1.82, 2.24) is 4.98 Å². The van der Waals surface area contributed by atoms with Gasteiger partial charge < -0.3 is 9.84 Å². The largest absolute Gasteiger partial charge is 0.497 e. The number of aliphatic hydroxyl groups is 1. The Morgan fingerprint density at radius 1 is 1.22 bits per heavy atom. The Hall–Kier alpha value is -1.52. The summed E-state index contributed by atoms with van der Waals surface area (Å²) in [4.78, 5) is 5.37. The van der Waals surface area contributed by atoms with Gasteiger partial charge in [-0.3, -0.25) is 0 Å². The monoisotopic (exact) mass is 261 g/mol. The van der Waals surface area contributed by atoms with Gasteiger partial charge in [-0.05, 0) is 48.9 Å². The van der Waals surface area contributed by atoms with Gasteiger partial charge in [-0.2, -0.15) is 0 Å². The summed E-state index contributed by atoms with van der Waals surface area (Å²) in [5.41, 5.74) is 0.876. The molecule has 1 N–H and O–H groups in total. The van der Waals surface area contributed by atoms with Crippen LogP contribution < -0.4 is 4.74 Å². The zero-order chi connectivity index (χ0) is 13.0. The van der Waals surface area contributed by atoms with E-state index in [1.165, 1.54) is 0 Å². The topological polar surface area (TPSA) is 42.4 Å². The summed E-state index contributed by atoms with van der Waals surface area (Å²) in [6, 6.07) is 11.5. The SMILES string of the molecule is COc1ccc(Sc2cc([C@H](C)O)ccn2)cc1. The molecule has 2 aromatic rings. The number of benzene rings is 1. The fourth-order valence-corrected chi connectivity index (χ4v) is 2.33. The van der Waals surface area contributed by atoms with Gasteiger partial charge in [-0.1, -0.05) is 11.8 Å². The second-order valence-corrected chi connectivity index (χ2v) is 4.97. The minimum Gasteiger partial charge on any atom is -0.497 e. The first-order chi connectivity index (χ1) is 8.69. The molecule has 0 saturated heterocycles.